The zero-order valence-electron chi connectivity index (χ0n) is 13.2. The van der Waals surface area contributed by atoms with E-state index in [1.807, 2.05) is 0 Å². The topological polar surface area (TPSA) is 77.7 Å². The molecular formula is C15H18FN3O4. The molecule has 1 aromatic carbocycles. The lowest BCUT2D eigenvalue weighted by Gasteiger charge is -2.16. The second kappa shape index (κ2) is 7.68. The van der Waals surface area contributed by atoms with Gasteiger partial charge in [-0.15, -0.1) is 0 Å². The van der Waals surface area contributed by atoms with Crippen LogP contribution in [-0.2, 0) is 17.7 Å². The van der Waals surface area contributed by atoms with Gasteiger partial charge in [0.2, 0.25) is 5.89 Å². The Morgan fingerprint density at radius 3 is 2.87 bits per heavy atom. The van der Waals surface area contributed by atoms with Crippen LogP contribution in [0, 0.1) is 5.82 Å². The Bertz CT molecular complexity index is 674. The van der Waals surface area contributed by atoms with Crippen LogP contribution in [0.4, 0.5) is 4.39 Å². The maximum Gasteiger partial charge on any atom is 0.257 e. The van der Waals surface area contributed by atoms with Gasteiger partial charge < -0.3 is 18.9 Å². The Morgan fingerprint density at radius 1 is 1.39 bits per heavy atom. The Hall–Kier alpha value is -2.48. The number of carbonyl (C=O) groups excluding carboxylic acids is 1. The first kappa shape index (κ1) is 16.9. The number of hydrogen-bond acceptors (Lipinski definition) is 6. The van der Waals surface area contributed by atoms with Crippen molar-refractivity contribution in [3.8, 4) is 5.75 Å². The molecule has 2 aromatic rings. The van der Waals surface area contributed by atoms with Crippen LogP contribution in [0.5, 0.6) is 5.75 Å². The van der Waals surface area contributed by atoms with Crippen LogP contribution < -0.4 is 4.74 Å². The summed E-state index contributed by atoms with van der Waals surface area (Å²) in [5, 5.41) is 3.80. The van der Waals surface area contributed by atoms with Gasteiger partial charge in [-0.25, -0.2) is 4.39 Å². The summed E-state index contributed by atoms with van der Waals surface area (Å²) in [4.78, 5) is 17.9. The van der Waals surface area contributed by atoms with Crippen LogP contribution in [0.1, 0.15) is 22.1 Å². The van der Waals surface area contributed by atoms with Crippen molar-refractivity contribution in [2.24, 2.45) is 0 Å². The number of halogens is 1. The third-order valence-electron chi connectivity index (χ3n) is 3.15. The van der Waals surface area contributed by atoms with Crippen molar-refractivity contribution < 1.29 is 23.2 Å². The Kier molecular flexibility index (Phi) is 5.64. The summed E-state index contributed by atoms with van der Waals surface area (Å²) >= 11 is 0. The Balaban J connectivity index is 2.08. The van der Waals surface area contributed by atoms with Gasteiger partial charge in [-0.05, 0) is 18.2 Å². The van der Waals surface area contributed by atoms with E-state index in [0.29, 0.717) is 30.5 Å². The first-order chi connectivity index (χ1) is 11.0. The largest absolute Gasteiger partial charge is 0.496 e. The minimum absolute atomic E-state index is 0.110. The molecule has 0 aliphatic carbocycles. The van der Waals surface area contributed by atoms with Crippen LogP contribution in [0.25, 0.3) is 0 Å². The molecule has 0 atom stereocenters. The van der Waals surface area contributed by atoms with Crippen LogP contribution >= 0.6 is 0 Å². The van der Waals surface area contributed by atoms with E-state index in [-0.39, 0.29) is 12.1 Å². The lowest BCUT2D eigenvalue weighted by atomic mass is 10.1. The second-order valence-corrected chi connectivity index (χ2v) is 4.85. The molecule has 0 aliphatic heterocycles. The van der Waals surface area contributed by atoms with Crippen LogP contribution in [-0.4, -0.2) is 48.8 Å². The van der Waals surface area contributed by atoms with Gasteiger partial charge in [-0.3, -0.25) is 4.79 Å². The monoisotopic (exact) mass is 323 g/mol. The summed E-state index contributed by atoms with van der Waals surface area (Å²) in [6, 6.07) is 3.77. The molecule has 0 aliphatic rings. The van der Waals surface area contributed by atoms with Crippen molar-refractivity contribution in [3.05, 3.63) is 41.3 Å². The molecule has 2 rings (SSSR count). The van der Waals surface area contributed by atoms with Gasteiger partial charge in [0.05, 0.1) is 25.8 Å². The lowest BCUT2D eigenvalue weighted by molar-refractivity contribution is 0.0765. The van der Waals surface area contributed by atoms with Crippen LogP contribution in [0.3, 0.4) is 0 Å². The van der Waals surface area contributed by atoms with E-state index in [1.54, 1.807) is 14.2 Å². The SMILES string of the molecule is COCCc1noc(CN(C)C(=O)c2cc(F)ccc2OC)n1. The predicted molar refractivity (Wildman–Crippen MR) is 78.6 cm³/mol. The first-order valence-electron chi connectivity index (χ1n) is 6.94. The molecule has 0 saturated carbocycles. The van der Waals surface area contributed by atoms with Crippen molar-refractivity contribution in [2.75, 3.05) is 27.9 Å². The molecule has 1 heterocycles. The Labute approximate surface area is 133 Å². The minimum atomic E-state index is -0.512. The zero-order valence-corrected chi connectivity index (χ0v) is 13.2. The van der Waals surface area contributed by atoms with Crippen molar-refractivity contribution >= 4 is 5.91 Å². The smallest absolute Gasteiger partial charge is 0.257 e. The van der Waals surface area contributed by atoms with Gasteiger partial charge >= 0.3 is 0 Å². The van der Waals surface area contributed by atoms with E-state index in [1.165, 1.54) is 24.1 Å². The van der Waals surface area contributed by atoms with E-state index in [0.717, 1.165) is 6.07 Å². The normalized spacial score (nSPS) is 10.6. The molecule has 0 N–H and O–H groups in total. The average molecular weight is 323 g/mol. The van der Waals surface area contributed by atoms with E-state index in [4.69, 9.17) is 14.0 Å². The molecule has 7 nitrogen and oxygen atoms in total. The average Bonchev–Trinajstić information content (AvgIpc) is 2.99. The number of benzene rings is 1. The minimum Gasteiger partial charge on any atom is -0.496 e. The number of methoxy groups -OCH3 is 2. The molecule has 0 unspecified atom stereocenters. The molecule has 0 spiro atoms. The molecular weight excluding hydrogens is 305 g/mol. The number of ether oxygens (including phenoxy) is 2. The van der Waals surface area contributed by atoms with E-state index >= 15 is 0 Å². The molecule has 0 saturated heterocycles. The summed E-state index contributed by atoms with van der Waals surface area (Å²) in [5.41, 5.74) is 0.133. The van der Waals surface area contributed by atoms with Gasteiger partial charge in [0.15, 0.2) is 5.82 Å². The molecule has 8 heteroatoms. The fourth-order valence-corrected chi connectivity index (χ4v) is 1.98. The lowest BCUT2D eigenvalue weighted by Crippen LogP contribution is -2.27. The highest BCUT2D eigenvalue weighted by atomic mass is 19.1. The molecule has 1 amide bonds. The highest BCUT2D eigenvalue weighted by Crippen LogP contribution is 2.21. The summed E-state index contributed by atoms with van der Waals surface area (Å²) in [7, 11) is 4.57. The number of hydrogen-bond donors (Lipinski definition) is 0. The quantitative estimate of drug-likeness (QED) is 0.771. The molecule has 1 aromatic heterocycles. The van der Waals surface area contributed by atoms with Crippen LogP contribution in [0.2, 0.25) is 0 Å². The molecule has 23 heavy (non-hydrogen) atoms. The standard InChI is InChI=1S/C15H18FN3O4/c1-19(9-14-17-13(18-23-14)6-7-21-2)15(20)11-8-10(16)4-5-12(11)22-3/h4-5,8H,6-7,9H2,1-3H3. The van der Waals surface area contributed by atoms with Crippen molar-refractivity contribution in [3.63, 3.8) is 0 Å². The maximum absolute atomic E-state index is 13.4. The summed E-state index contributed by atoms with van der Waals surface area (Å²) in [5.74, 6) is 0.183. The van der Waals surface area contributed by atoms with Crippen molar-refractivity contribution in [1.29, 1.82) is 0 Å². The number of rotatable bonds is 7. The van der Waals surface area contributed by atoms with Crippen LogP contribution in [0.15, 0.2) is 22.7 Å². The number of amides is 1. The highest BCUT2D eigenvalue weighted by molar-refractivity contribution is 5.96. The summed E-state index contributed by atoms with van der Waals surface area (Å²) in [6.45, 7) is 0.590. The van der Waals surface area contributed by atoms with Gasteiger partial charge in [0, 0.05) is 20.6 Å². The van der Waals surface area contributed by atoms with Gasteiger partial charge in [0.1, 0.15) is 11.6 Å². The number of aromatic nitrogens is 2. The second-order valence-electron chi connectivity index (χ2n) is 4.85. The molecule has 0 radical (unpaired) electrons. The predicted octanol–water partition coefficient (Wildman–Crippen LogP) is 1.68. The third-order valence-corrected chi connectivity index (χ3v) is 3.15. The third kappa shape index (κ3) is 4.26. The molecule has 124 valence electrons. The summed E-state index contributed by atoms with van der Waals surface area (Å²) < 4.78 is 28.5. The zero-order chi connectivity index (χ0) is 16.8. The van der Waals surface area contributed by atoms with Crippen molar-refractivity contribution in [2.45, 2.75) is 13.0 Å². The number of nitrogens with zero attached hydrogens (tertiary/aromatic N) is 3. The molecule has 0 bridgehead atoms. The van der Waals surface area contributed by atoms with E-state index in [2.05, 4.69) is 10.1 Å². The summed E-state index contributed by atoms with van der Waals surface area (Å²) in [6.07, 6.45) is 0.523. The maximum atomic E-state index is 13.4. The van der Waals surface area contributed by atoms with E-state index in [9.17, 15) is 9.18 Å². The number of carbonyl (C=O) groups is 1. The Morgan fingerprint density at radius 2 is 2.17 bits per heavy atom. The first-order valence-corrected chi connectivity index (χ1v) is 6.94. The van der Waals surface area contributed by atoms with Crippen molar-refractivity contribution in [1.82, 2.24) is 15.0 Å². The van der Waals surface area contributed by atoms with Gasteiger partial charge in [-0.2, -0.15) is 4.98 Å². The fraction of sp³-hybridized carbons (Fsp3) is 0.400. The highest BCUT2D eigenvalue weighted by Gasteiger charge is 2.19. The van der Waals surface area contributed by atoms with Gasteiger partial charge in [-0.1, -0.05) is 5.16 Å². The van der Waals surface area contributed by atoms with E-state index < -0.39 is 11.7 Å². The molecule has 0 fully saturated rings. The van der Waals surface area contributed by atoms with Gasteiger partial charge in [0.25, 0.3) is 5.91 Å². The fourth-order valence-electron chi connectivity index (χ4n) is 1.98.